The van der Waals surface area contributed by atoms with Crippen molar-refractivity contribution in [1.29, 1.82) is 0 Å². The maximum atomic E-state index is 12.4. The van der Waals surface area contributed by atoms with Gasteiger partial charge >= 0.3 is 0 Å². The molecule has 1 fully saturated rings. The lowest BCUT2D eigenvalue weighted by molar-refractivity contribution is -0.122. The summed E-state index contributed by atoms with van der Waals surface area (Å²) in [6, 6.07) is 8.31. The van der Waals surface area contributed by atoms with Gasteiger partial charge in [-0.25, -0.2) is 4.99 Å². The molecule has 0 aliphatic carbocycles. The first-order valence-electron chi connectivity index (χ1n) is 9.86. The van der Waals surface area contributed by atoms with Crippen molar-refractivity contribution >= 4 is 39.0 Å². The standard InChI is InChI=1S/C22H28BrN5O/c1-5-17-15-20(23)22(29)28(6-2)21(17)25-16(3)24-18-7-9-19(10-8-18)27-13-11-26(4)12-14-27/h5,7-10,15,24H,3,6,11-14H2,1-2,4H3/b17-5-,25-21+. The predicted molar refractivity (Wildman–Crippen MR) is 125 cm³/mol. The van der Waals surface area contributed by atoms with Crippen LogP contribution in [-0.4, -0.2) is 61.3 Å². The second-order valence-electron chi connectivity index (χ2n) is 7.13. The molecule has 0 aromatic heterocycles. The topological polar surface area (TPSA) is 51.2 Å². The van der Waals surface area contributed by atoms with Crippen molar-refractivity contribution in [3.8, 4) is 0 Å². The van der Waals surface area contributed by atoms with E-state index in [1.807, 2.05) is 32.1 Å². The summed E-state index contributed by atoms with van der Waals surface area (Å²) in [6.07, 6.45) is 3.73. The Morgan fingerprint density at radius 3 is 2.48 bits per heavy atom. The van der Waals surface area contributed by atoms with E-state index in [0.717, 1.165) is 37.4 Å². The van der Waals surface area contributed by atoms with Crippen LogP contribution in [0.2, 0.25) is 0 Å². The number of benzene rings is 1. The van der Waals surface area contributed by atoms with Crippen LogP contribution < -0.4 is 10.2 Å². The van der Waals surface area contributed by atoms with Gasteiger partial charge in [-0.05, 0) is 67.2 Å². The van der Waals surface area contributed by atoms with E-state index in [1.54, 1.807) is 11.0 Å². The van der Waals surface area contributed by atoms with Crippen molar-refractivity contribution in [2.45, 2.75) is 13.8 Å². The number of amides is 1. The maximum Gasteiger partial charge on any atom is 0.266 e. The van der Waals surface area contributed by atoms with Crippen molar-refractivity contribution in [3.05, 3.63) is 58.9 Å². The summed E-state index contributed by atoms with van der Waals surface area (Å²) in [6.45, 7) is 12.7. The van der Waals surface area contributed by atoms with Gasteiger partial charge in [-0.15, -0.1) is 0 Å². The van der Waals surface area contributed by atoms with Crippen LogP contribution in [0.5, 0.6) is 0 Å². The Balaban J connectivity index is 1.72. The number of carbonyl (C=O) groups is 1. The summed E-state index contributed by atoms with van der Waals surface area (Å²) in [5.41, 5.74) is 3.02. The fourth-order valence-electron chi connectivity index (χ4n) is 3.42. The highest BCUT2D eigenvalue weighted by molar-refractivity contribution is 9.12. The third-order valence-electron chi connectivity index (χ3n) is 5.14. The fraction of sp³-hybridized carbons (Fsp3) is 0.364. The molecule has 3 rings (SSSR count). The Morgan fingerprint density at radius 1 is 1.24 bits per heavy atom. The van der Waals surface area contributed by atoms with Crippen molar-refractivity contribution in [1.82, 2.24) is 9.80 Å². The summed E-state index contributed by atoms with van der Waals surface area (Å²) < 4.78 is 0.532. The van der Waals surface area contributed by atoms with Crippen LogP contribution in [-0.2, 0) is 4.79 Å². The van der Waals surface area contributed by atoms with Gasteiger partial charge in [0.25, 0.3) is 5.91 Å². The van der Waals surface area contributed by atoms with Crippen LogP contribution >= 0.6 is 15.9 Å². The Hall–Kier alpha value is -2.38. The van der Waals surface area contributed by atoms with Crippen molar-refractivity contribution in [2.24, 2.45) is 4.99 Å². The molecule has 0 bridgehead atoms. The molecule has 0 atom stereocenters. The number of nitrogens with one attached hydrogen (secondary N) is 1. The monoisotopic (exact) mass is 457 g/mol. The van der Waals surface area contributed by atoms with Crippen molar-refractivity contribution < 1.29 is 4.79 Å². The highest BCUT2D eigenvalue weighted by Gasteiger charge is 2.27. The predicted octanol–water partition coefficient (Wildman–Crippen LogP) is 3.81. The number of rotatable bonds is 5. The summed E-state index contributed by atoms with van der Waals surface area (Å²) in [7, 11) is 2.16. The van der Waals surface area contributed by atoms with E-state index >= 15 is 0 Å². The molecule has 2 aliphatic rings. The van der Waals surface area contributed by atoms with E-state index < -0.39 is 0 Å². The van der Waals surface area contributed by atoms with Gasteiger partial charge < -0.3 is 15.1 Å². The van der Waals surface area contributed by atoms with Crippen molar-refractivity contribution in [3.63, 3.8) is 0 Å². The summed E-state index contributed by atoms with van der Waals surface area (Å²) >= 11 is 3.34. The Kier molecular flexibility index (Phi) is 6.92. The van der Waals surface area contributed by atoms with Crippen LogP contribution in [0.4, 0.5) is 11.4 Å². The number of allylic oxidation sites excluding steroid dienone is 1. The second-order valence-corrected chi connectivity index (χ2v) is 7.98. The third-order valence-corrected chi connectivity index (χ3v) is 5.71. The molecule has 6 nitrogen and oxygen atoms in total. The van der Waals surface area contributed by atoms with Crippen LogP contribution in [0.3, 0.4) is 0 Å². The largest absolute Gasteiger partial charge is 0.369 e. The van der Waals surface area contributed by atoms with Crippen LogP contribution in [0.15, 0.2) is 63.9 Å². The van der Waals surface area contributed by atoms with E-state index in [4.69, 9.17) is 0 Å². The normalized spacial score (nSPS) is 21.0. The second kappa shape index (κ2) is 9.41. The Bertz CT molecular complexity index is 864. The zero-order valence-corrected chi connectivity index (χ0v) is 18.9. The summed E-state index contributed by atoms with van der Waals surface area (Å²) in [5, 5.41) is 3.24. The lowest BCUT2D eigenvalue weighted by atomic mass is 10.1. The lowest BCUT2D eigenvalue weighted by Crippen LogP contribution is -2.44. The van der Waals surface area contributed by atoms with E-state index in [2.05, 4.69) is 61.8 Å². The van der Waals surface area contributed by atoms with Gasteiger partial charge in [-0.3, -0.25) is 9.69 Å². The zero-order valence-electron chi connectivity index (χ0n) is 17.3. The minimum atomic E-state index is -0.0961. The zero-order chi connectivity index (χ0) is 21.0. The average molecular weight is 458 g/mol. The molecule has 0 unspecified atom stereocenters. The molecule has 0 spiro atoms. The Morgan fingerprint density at radius 2 is 1.90 bits per heavy atom. The molecule has 1 aromatic rings. The van der Waals surface area contributed by atoms with Gasteiger partial charge in [-0.2, -0.15) is 0 Å². The van der Waals surface area contributed by atoms with E-state index in [9.17, 15) is 4.79 Å². The molecule has 2 aliphatic heterocycles. The molecule has 2 heterocycles. The lowest BCUT2D eigenvalue weighted by Gasteiger charge is -2.34. The Labute approximate surface area is 181 Å². The number of likely N-dealkylation sites (N-methyl/N-ethyl adjacent to an activating group) is 2. The summed E-state index contributed by atoms with van der Waals surface area (Å²) in [5.74, 6) is 1.00. The first-order chi connectivity index (χ1) is 13.9. The minimum Gasteiger partial charge on any atom is -0.369 e. The molecule has 1 aromatic carbocycles. The highest BCUT2D eigenvalue weighted by Crippen LogP contribution is 2.24. The van der Waals surface area contributed by atoms with Gasteiger partial charge in [0.05, 0.1) is 4.48 Å². The number of hydrogen-bond acceptors (Lipinski definition) is 5. The van der Waals surface area contributed by atoms with Gasteiger partial charge in [0, 0.05) is 49.7 Å². The van der Waals surface area contributed by atoms with Crippen LogP contribution in [0.1, 0.15) is 13.8 Å². The van der Waals surface area contributed by atoms with E-state index in [0.29, 0.717) is 22.7 Å². The molecule has 154 valence electrons. The molecule has 0 saturated carbocycles. The molecule has 1 saturated heterocycles. The third kappa shape index (κ3) is 4.97. The number of hydrogen-bond donors (Lipinski definition) is 1. The molecule has 7 heteroatoms. The highest BCUT2D eigenvalue weighted by atomic mass is 79.9. The molecular weight excluding hydrogens is 430 g/mol. The first-order valence-corrected chi connectivity index (χ1v) is 10.7. The number of nitrogens with zero attached hydrogens (tertiary/aromatic N) is 4. The number of halogens is 1. The minimum absolute atomic E-state index is 0.0961. The first kappa shape index (κ1) is 21.3. The van der Waals surface area contributed by atoms with Gasteiger partial charge in [0.15, 0.2) is 0 Å². The fourth-order valence-corrected chi connectivity index (χ4v) is 3.88. The number of carbonyl (C=O) groups excluding carboxylic acids is 1. The van der Waals surface area contributed by atoms with E-state index in [-0.39, 0.29) is 5.91 Å². The molecular formula is C22H28BrN5O. The quantitative estimate of drug-likeness (QED) is 0.730. The average Bonchev–Trinajstić information content (AvgIpc) is 2.72. The van der Waals surface area contributed by atoms with Crippen molar-refractivity contribution in [2.75, 3.05) is 50.0 Å². The molecule has 1 N–H and O–H groups in total. The number of piperazine rings is 1. The van der Waals surface area contributed by atoms with Crippen LogP contribution in [0.25, 0.3) is 0 Å². The van der Waals surface area contributed by atoms with E-state index in [1.165, 1.54) is 5.69 Å². The van der Waals surface area contributed by atoms with Crippen LogP contribution in [0, 0.1) is 0 Å². The molecule has 1 amide bonds. The summed E-state index contributed by atoms with van der Waals surface area (Å²) in [4.78, 5) is 23.4. The van der Waals surface area contributed by atoms with Gasteiger partial charge in [0.1, 0.15) is 11.7 Å². The van der Waals surface area contributed by atoms with Gasteiger partial charge in [0.2, 0.25) is 0 Å². The molecule has 29 heavy (non-hydrogen) atoms. The SMILES string of the molecule is C=C(/N=C1\C(=C/C)C=C(Br)C(=O)N1CC)Nc1ccc(N2CCN(C)CC2)cc1. The maximum absolute atomic E-state index is 12.4. The number of anilines is 2. The molecule has 0 radical (unpaired) electrons. The number of aliphatic imine (C=N–C) groups is 1. The smallest absolute Gasteiger partial charge is 0.266 e. The number of amidine groups is 1. The van der Waals surface area contributed by atoms with Gasteiger partial charge in [-0.1, -0.05) is 12.7 Å².